The Morgan fingerprint density at radius 1 is 1.31 bits per heavy atom. The van der Waals surface area contributed by atoms with Crippen molar-refractivity contribution in [2.45, 2.75) is 38.7 Å². The maximum atomic E-state index is 10.4. The van der Waals surface area contributed by atoms with Gasteiger partial charge in [0.15, 0.2) is 5.96 Å². The number of rotatable bonds is 11. The van der Waals surface area contributed by atoms with E-state index in [1.54, 1.807) is 7.11 Å². The summed E-state index contributed by atoms with van der Waals surface area (Å²) in [5.74, 6) is 1.61. The number of nitrogens with one attached hydrogen (secondary N) is 1. The van der Waals surface area contributed by atoms with E-state index in [0.717, 1.165) is 43.2 Å². The van der Waals surface area contributed by atoms with Gasteiger partial charge in [-0.2, -0.15) is 0 Å². The Morgan fingerprint density at radius 2 is 2.00 bits per heavy atom. The summed E-state index contributed by atoms with van der Waals surface area (Å²) in [5, 5.41) is 13.6. The number of hydrogen-bond acceptors (Lipinski definition) is 3. The number of aliphatic imine (C=N–C) groups is 1. The molecule has 5 nitrogen and oxygen atoms in total. The highest BCUT2D eigenvalue weighted by Gasteiger charge is 2.10. The number of halogens is 1. The first kappa shape index (κ1) is 24.7. The van der Waals surface area contributed by atoms with Crippen LogP contribution in [0.1, 0.15) is 44.3 Å². The lowest BCUT2D eigenvalue weighted by Gasteiger charge is -2.22. The van der Waals surface area contributed by atoms with Crippen molar-refractivity contribution in [3.63, 3.8) is 0 Å². The SMILES string of the molecule is C=CCCCCCN(C)C(=NCC(O)c1ccc(OC)cc1)NCC.I. The summed E-state index contributed by atoms with van der Waals surface area (Å²) in [5.41, 5.74) is 0.840. The molecule has 0 amide bonds. The summed E-state index contributed by atoms with van der Waals surface area (Å²) in [6.45, 7) is 7.88. The molecule has 1 aromatic carbocycles. The largest absolute Gasteiger partial charge is 0.497 e. The lowest BCUT2D eigenvalue weighted by molar-refractivity contribution is 0.186. The second-order valence-electron chi connectivity index (χ2n) is 6.04. The number of nitrogens with zero attached hydrogens (tertiary/aromatic N) is 2. The van der Waals surface area contributed by atoms with Crippen LogP contribution in [0.4, 0.5) is 0 Å². The maximum Gasteiger partial charge on any atom is 0.193 e. The van der Waals surface area contributed by atoms with E-state index in [2.05, 4.69) is 21.8 Å². The molecule has 0 spiro atoms. The lowest BCUT2D eigenvalue weighted by Crippen LogP contribution is -2.39. The summed E-state index contributed by atoms with van der Waals surface area (Å²) in [7, 11) is 3.67. The molecule has 0 saturated heterocycles. The van der Waals surface area contributed by atoms with Crippen LogP contribution in [0.5, 0.6) is 5.75 Å². The highest BCUT2D eigenvalue weighted by Crippen LogP contribution is 2.17. The molecule has 6 heteroatoms. The third-order valence-electron chi connectivity index (χ3n) is 4.01. The van der Waals surface area contributed by atoms with Gasteiger partial charge >= 0.3 is 0 Å². The van der Waals surface area contributed by atoms with Crippen LogP contribution < -0.4 is 10.1 Å². The van der Waals surface area contributed by atoms with E-state index in [9.17, 15) is 5.11 Å². The Bertz CT molecular complexity index is 520. The molecule has 0 bridgehead atoms. The number of allylic oxidation sites excluding steroid dienone is 1. The highest BCUT2D eigenvalue weighted by atomic mass is 127. The Morgan fingerprint density at radius 3 is 2.58 bits per heavy atom. The summed E-state index contributed by atoms with van der Waals surface area (Å²) in [6.07, 6.45) is 5.91. The van der Waals surface area contributed by atoms with Crippen molar-refractivity contribution in [3.05, 3.63) is 42.5 Å². The average Bonchev–Trinajstić information content (AvgIpc) is 2.64. The van der Waals surface area contributed by atoms with Crippen LogP contribution in [-0.4, -0.2) is 49.8 Å². The molecule has 0 aliphatic rings. The zero-order chi connectivity index (χ0) is 18.5. The van der Waals surface area contributed by atoms with Gasteiger partial charge in [0.1, 0.15) is 5.75 Å². The van der Waals surface area contributed by atoms with Gasteiger partial charge in [-0.15, -0.1) is 30.6 Å². The highest BCUT2D eigenvalue weighted by molar-refractivity contribution is 14.0. The molecule has 0 saturated carbocycles. The van der Waals surface area contributed by atoms with Crippen molar-refractivity contribution in [2.24, 2.45) is 4.99 Å². The zero-order valence-electron chi connectivity index (χ0n) is 16.3. The molecule has 148 valence electrons. The normalized spacial score (nSPS) is 12.1. The smallest absolute Gasteiger partial charge is 0.193 e. The number of benzene rings is 1. The molecular formula is C20H34IN3O2. The van der Waals surface area contributed by atoms with Crippen molar-refractivity contribution in [1.29, 1.82) is 0 Å². The van der Waals surface area contributed by atoms with Crippen LogP contribution in [-0.2, 0) is 0 Å². The van der Waals surface area contributed by atoms with Gasteiger partial charge in [0.2, 0.25) is 0 Å². The van der Waals surface area contributed by atoms with Gasteiger partial charge in [-0.05, 0) is 43.9 Å². The number of unbranched alkanes of at least 4 members (excludes halogenated alkanes) is 3. The molecule has 1 rings (SSSR count). The summed E-state index contributed by atoms with van der Waals surface area (Å²) in [6, 6.07) is 7.44. The minimum Gasteiger partial charge on any atom is -0.497 e. The van der Waals surface area contributed by atoms with E-state index in [0.29, 0.717) is 6.54 Å². The topological polar surface area (TPSA) is 57.1 Å². The van der Waals surface area contributed by atoms with Crippen molar-refractivity contribution >= 4 is 29.9 Å². The first-order valence-corrected chi connectivity index (χ1v) is 9.04. The molecule has 0 aromatic heterocycles. The van der Waals surface area contributed by atoms with E-state index in [1.807, 2.05) is 44.3 Å². The Hall–Kier alpha value is -1.28. The van der Waals surface area contributed by atoms with Crippen LogP contribution in [0.3, 0.4) is 0 Å². The van der Waals surface area contributed by atoms with Crippen molar-refractivity contribution in [1.82, 2.24) is 10.2 Å². The maximum absolute atomic E-state index is 10.4. The van der Waals surface area contributed by atoms with Crippen LogP contribution in [0.2, 0.25) is 0 Å². The molecule has 0 heterocycles. The van der Waals surface area contributed by atoms with E-state index in [4.69, 9.17) is 4.74 Å². The molecule has 1 unspecified atom stereocenters. The predicted octanol–water partition coefficient (Wildman–Crippen LogP) is 3.99. The van der Waals surface area contributed by atoms with Gasteiger partial charge in [0.05, 0.1) is 19.8 Å². The second-order valence-corrected chi connectivity index (χ2v) is 6.04. The van der Waals surface area contributed by atoms with Crippen molar-refractivity contribution in [2.75, 3.05) is 33.8 Å². The molecule has 0 aliphatic heterocycles. The van der Waals surface area contributed by atoms with Gasteiger partial charge in [0.25, 0.3) is 0 Å². The second kappa shape index (κ2) is 14.8. The predicted molar refractivity (Wildman–Crippen MR) is 121 cm³/mol. The number of ether oxygens (including phenoxy) is 1. The number of aliphatic hydroxyl groups excluding tert-OH is 1. The Kier molecular flexibility index (Phi) is 14.1. The molecule has 2 N–H and O–H groups in total. The van der Waals surface area contributed by atoms with E-state index in [-0.39, 0.29) is 24.0 Å². The minimum absolute atomic E-state index is 0. The molecule has 1 atom stereocenters. The number of aliphatic hydroxyl groups is 1. The van der Waals surface area contributed by atoms with Crippen molar-refractivity contribution < 1.29 is 9.84 Å². The molecule has 0 fully saturated rings. The Labute approximate surface area is 175 Å². The van der Waals surface area contributed by atoms with Crippen LogP contribution >= 0.6 is 24.0 Å². The van der Waals surface area contributed by atoms with Gasteiger partial charge in [-0.25, -0.2) is 0 Å². The summed E-state index contributed by atoms with van der Waals surface area (Å²) in [4.78, 5) is 6.70. The van der Waals surface area contributed by atoms with Gasteiger partial charge in [-0.1, -0.05) is 24.6 Å². The van der Waals surface area contributed by atoms with Crippen LogP contribution in [0, 0.1) is 0 Å². The Balaban J connectivity index is 0.00000625. The summed E-state index contributed by atoms with van der Waals surface area (Å²) >= 11 is 0. The monoisotopic (exact) mass is 475 g/mol. The molecule has 0 radical (unpaired) electrons. The van der Waals surface area contributed by atoms with Crippen molar-refractivity contribution in [3.8, 4) is 5.75 Å². The molecule has 1 aromatic rings. The first-order valence-electron chi connectivity index (χ1n) is 9.04. The van der Waals surface area contributed by atoms with E-state index >= 15 is 0 Å². The fraction of sp³-hybridized carbons (Fsp3) is 0.550. The van der Waals surface area contributed by atoms with Crippen LogP contribution in [0.15, 0.2) is 41.9 Å². The molecular weight excluding hydrogens is 441 g/mol. The third-order valence-corrected chi connectivity index (χ3v) is 4.01. The fourth-order valence-corrected chi connectivity index (χ4v) is 2.49. The zero-order valence-corrected chi connectivity index (χ0v) is 18.6. The van der Waals surface area contributed by atoms with Gasteiger partial charge in [-0.3, -0.25) is 4.99 Å². The first-order chi connectivity index (χ1) is 12.1. The van der Waals surface area contributed by atoms with Gasteiger partial charge < -0.3 is 20.1 Å². The standard InChI is InChI=1S/C20H33N3O2.HI/c1-5-7-8-9-10-15-23(3)20(21-6-2)22-16-19(24)17-11-13-18(25-4)14-12-17;/h5,11-14,19,24H,1,6-10,15-16H2,2-4H3,(H,21,22);1H. The van der Waals surface area contributed by atoms with E-state index in [1.165, 1.54) is 12.8 Å². The number of guanidine groups is 1. The fourth-order valence-electron chi connectivity index (χ4n) is 2.49. The minimum atomic E-state index is -0.624. The van der Waals surface area contributed by atoms with Crippen LogP contribution in [0.25, 0.3) is 0 Å². The number of methoxy groups -OCH3 is 1. The quantitative estimate of drug-likeness (QED) is 0.167. The van der Waals surface area contributed by atoms with Gasteiger partial charge in [0, 0.05) is 20.1 Å². The third kappa shape index (κ3) is 9.43. The van der Waals surface area contributed by atoms with E-state index < -0.39 is 6.10 Å². The summed E-state index contributed by atoms with van der Waals surface area (Å²) < 4.78 is 5.14. The average molecular weight is 475 g/mol. The lowest BCUT2D eigenvalue weighted by atomic mass is 10.1. The number of hydrogen-bond donors (Lipinski definition) is 2. The molecule has 26 heavy (non-hydrogen) atoms. The molecule has 0 aliphatic carbocycles.